The lowest BCUT2D eigenvalue weighted by atomic mass is 10.3. The monoisotopic (exact) mass is 286 g/mol. The Kier molecular flexibility index (Phi) is 4.28. The molecule has 0 aromatic heterocycles. The number of anilines is 1. The van der Waals surface area contributed by atoms with Crippen molar-refractivity contribution < 1.29 is 17.9 Å². The number of nitrogens with two attached hydrogens (primary N) is 1. The highest BCUT2D eigenvalue weighted by Gasteiger charge is 2.26. The van der Waals surface area contributed by atoms with Crippen LogP contribution >= 0.6 is 0 Å². The highest BCUT2D eigenvalue weighted by atomic mass is 32.2. The number of hydrogen-bond donors (Lipinski definition) is 2. The van der Waals surface area contributed by atoms with Crippen molar-refractivity contribution in [1.82, 2.24) is 4.72 Å². The van der Waals surface area contributed by atoms with Gasteiger partial charge in [-0.2, -0.15) is 0 Å². The summed E-state index contributed by atoms with van der Waals surface area (Å²) in [5, 5.41) is 0. The lowest BCUT2D eigenvalue weighted by Crippen LogP contribution is -2.35. The van der Waals surface area contributed by atoms with Crippen LogP contribution in [0.3, 0.4) is 0 Å². The summed E-state index contributed by atoms with van der Waals surface area (Å²) in [6.45, 7) is 3.15. The van der Waals surface area contributed by atoms with E-state index in [0.717, 1.165) is 0 Å². The fourth-order valence-corrected chi connectivity index (χ4v) is 3.35. The second kappa shape index (κ2) is 5.77. The Morgan fingerprint density at radius 1 is 1.53 bits per heavy atom. The van der Waals surface area contributed by atoms with Crippen LogP contribution in [0.15, 0.2) is 23.1 Å². The molecule has 6 nitrogen and oxygen atoms in total. The zero-order valence-corrected chi connectivity index (χ0v) is 11.6. The Balaban J connectivity index is 2.29. The molecule has 106 valence electrons. The Morgan fingerprint density at radius 3 is 2.95 bits per heavy atom. The van der Waals surface area contributed by atoms with Crippen molar-refractivity contribution in [2.24, 2.45) is 0 Å². The van der Waals surface area contributed by atoms with Crippen LogP contribution < -0.4 is 15.2 Å². The summed E-state index contributed by atoms with van der Waals surface area (Å²) in [7, 11) is -3.65. The van der Waals surface area contributed by atoms with E-state index in [4.69, 9.17) is 15.2 Å². The van der Waals surface area contributed by atoms with Gasteiger partial charge in [-0.15, -0.1) is 0 Å². The van der Waals surface area contributed by atoms with Crippen LogP contribution in [0.1, 0.15) is 13.3 Å². The van der Waals surface area contributed by atoms with E-state index >= 15 is 0 Å². The summed E-state index contributed by atoms with van der Waals surface area (Å²) in [4.78, 5) is 0.0706. The maximum atomic E-state index is 12.3. The minimum atomic E-state index is -3.65. The summed E-state index contributed by atoms with van der Waals surface area (Å²) in [5.41, 5.74) is 6.04. The average Bonchev–Trinajstić information content (AvgIpc) is 2.83. The fourth-order valence-electron chi connectivity index (χ4n) is 1.92. The van der Waals surface area contributed by atoms with Crippen LogP contribution in [-0.2, 0) is 14.8 Å². The Bertz CT molecular complexity index is 539. The highest BCUT2D eigenvalue weighted by Crippen LogP contribution is 2.26. The third-order valence-electron chi connectivity index (χ3n) is 2.81. The fraction of sp³-hybridized carbons (Fsp3) is 0.500. The average molecular weight is 286 g/mol. The lowest BCUT2D eigenvalue weighted by molar-refractivity contribution is 0.192. The minimum Gasteiger partial charge on any atom is -0.492 e. The van der Waals surface area contributed by atoms with E-state index in [1.807, 2.05) is 0 Å². The van der Waals surface area contributed by atoms with E-state index in [9.17, 15) is 8.42 Å². The maximum absolute atomic E-state index is 12.3. The van der Waals surface area contributed by atoms with Crippen LogP contribution in [0.2, 0.25) is 0 Å². The SMILES string of the molecule is CCOc1ccc(N)cc1S(=O)(=O)NC1CCOC1. The van der Waals surface area contributed by atoms with Crippen LogP contribution in [0, 0.1) is 0 Å². The zero-order valence-electron chi connectivity index (χ0n) is 10.8. The molecule has 0 saturated carbocycles. The molecular weight excluding hydrogens is 268 g/mol. The van der Waals surface area contributed by atoms with E-state index < -0.39 is 10.0 Å². The molecule has 19 heavy (non-hydrogen) atoms. The molecule has 0 bridgehead atoms. The third kappa shape index (κ3) is 3.37. The quantitative estimate of drug-likeness (QED) is 0.779. The molecule has 1 atom stereocenters. The largest absolute Gasteiger partial charge is 0.492 e. The van der Waals surface area contributed by atoms with Gasteiger partial charge in [-0.25, -0.2) is 13.1 Å². The summed E-state index contributed by atoms with van der Waals surface area (Å²) < 4.78 is 37.8. The second-order valence-electron chi connectivity index (χ2n) is 4.32. The molecule has 0 radical (unpaired) electrons. The molecule has 1 aliphatic rings. The molecule has 1 saturated heterocycles. The number of hydrogen-bond acceptors (Lipinski definition) is 5. The van der Waals surface area contributed by atoms with Gasteiger partial charge in [0.1, 0.15) is 10.6 Å². The number of nitrogen functional groups attached to an aromatic ring is 1. The van der Waals surface area contributed by atoms with Crippen molar-refractivity contribution in [3.63, 3.8) is 0 Å². The standard InChI is InChI=1S/C12H18N2O4S/c1-2-18-11-4-3-9(13)7-12(11)19(15,16)14-10-5-6-17-8-10/h3-4,7,10,14H,2,5-6,8,13H2,1H3. The van der Waals surface area contributed by atoms with E-state index in [2.05, 4.69) is 4.72 Å². The number of benzene rings is 1. The van der Waals surface area contributed by atoms with Gasteiger partial charge in [0, 0.05) is 18.3 Å². The second-order valence-corrected chi connectivity index (χ2v) is 6.00. The Labute approximate surface area is 112 Å². The van der Waals surface area contributed by atoms with Crippen LogP contribution in [0.5, 0.6) is 5.75 Å². The predicted molar refractivity (Wildman–Crippen MR) is 71.6 cm³/mol. The first-order valence-corrected chi connectivity index (χ1v) is 7.63. The van der Waals surface area contributed by atoms with Crippen molar-refractivity contribution in [2.75, 3.05) is 25.6 Å². The first-order valence-electron chi connectivity index (χ1n) is 6.15. The molecule has 0 spiro atoms. The van der Waals surface area contributed by atoms with Crippen molar-refractivity contribution in [3.8, 4) is 5.75 Å². The van der Waals surface area contributed by atoms with Crippen LogP contribution in [-0.4, -0.2) is 34.3 Å². The molecule has 1 fully saturated rings. The van der Waals surface area contributed by atoms with Crippen molar-refractivity contribution >= 4 is 15.7 Å². The molecule has 1 unspecified atom stereocenters. The van der Waals surface area contributed by atoms with E-state index in [1.165, 1.54) is 6.07 Å². The molecule has 1 aromatic rings. The van der Waals surface area contributed by atoms with Crippen molar-refractivity contribution in [2.45, 2.75) is 24.3 Å². The number of ether oxygens (including phenoxy) is 2. The summed E-state index contributed by atoms with van der Waals surface area (Å²) in [6.07, 6.45) is 0.672. The van der Waals surface area contributed by atoms with Crippen LogP contribution in [0.4, 0.5) is 5.69 Å². The van der Waals surface area contributed by atoms with Gasteiger partial charge in [-0.05, 0) is 31.5 Å². The molecule has 0 aliphatic carbocycles. The summed E-state index contributed by atoms with van der Waals surface area (Å²) in [6, 6.07) is 4.39. The van der Waals surface area contributed by atoms with Gasteiger partial charge in [0.2, 0.25) is 10.0 Å². The van der Waals surface area contributed by atoms with Gasteiger partial charge in [0.05, 0.1) is 13.2 Å². The molecule has 1 heterocycles. The number of sulfonamides is 1. The zero-order chi connectivity index (χ0) is 13.9. The Morgan fingerprint density at radius 2 is 2.32 bits per heavy atom. The van der Waals surface area contributed by atoms with Gasteiger partial charge in [-0.3, -0.25) is 0 Å². The van der Waals surface area contributed by atoms with Crippen molar-refractivity contribution in [1.29, 1.82) is 0 Å². The van der Waals surface area contributed by atoms with Gasteiger partial charge in [0.25, 0.3) is 0 Å². The summed E-state index contributed by atoms with van der Waals surface area (Å²) >= 11 is 0. The summed E-state index contributed by atoms with van der Waals surface area (Å²) in [5.74, 6) is 0.308. The smallest absolute Gasteiger partial charge is 0.244 e. The van der Waals surface area contributed by atoms with Crippen molar-refractivity contribution in [3.05, 3.63) is 18.2 Å². The molecular formula is C12H18N2O4S. The predicted octanol–water partition coefficient (Wildman–Crippen LogP) is 0.735. The van der Waals surface area contributed by atoms with Gasteiger partial charge >= 0.3 is 0 Å². The number of rotatable bonds is 5. The van der Waals surface area contributed by atoms with Gasteiger partial charge < -0.3 is 15.2 Å². The maximum Gasteiger partial charge on any atom is 0.244 e. The first-order chi connectivity index (χ1) is 9.03. The molecule has 3 N–H and O–H groups in total. The van der Waals surface area contributed by atoms with E-state index in [0.29, 0.717) is 37.7 Å². The molecule has 7 heteroatoms. The van der Waals surface area contributed by atoms with E-state index in [1.54, 1.807) is 19.1 Å². The lowest BCUT2D eigenvalue weighted by Gasteiger charge is -2.15. The van der Waals surface area contributed by atoms with Gasteiger partial charge in [-0.1, -0.05) is 0 Å². The molecule has 2 rings (SSSR count). The molecule has 1 aromatic carbocycles. The number of nitrogens with one attached hydrogen (secondary N) is 1. The first kappa shape index (κ1) is 14.1. The van der Waals surface area contributed by atoms with Gasteiger partial charge in [0.15, 0.2) is 0 Å². The molecule has 1 aliphatic heterocycles. The van der Waals surface area contributed by atoms with Crippen LogP contribution in [0.25, 0.3) is 0 Å². The highest BCUT2D eigenvalue weighted by molar-refractivity contribution is 7.89. The Hall–Kier alpha value is -1.31. The normalized spacial score (nSPS) is 19.5. The van der Waals surface area contributed by atoms with E-state index in [-0.39, 0.29) is 10.9 Å². The minimum absolute atomic E-state index is 0.0706. The molecule has 0 amide bonds. The topological polar surface area (TPSA) is 90.7 Å². The third-order valence-corrected chi connectivity index (χ3v) is 4.35.